The highest BCUT2D eigenvalue weighted by Crippen LogP contribution is 2.39. The van der Waals surface area contributed by atoms with E-state index in [0.717, 1.165) is 37.7 Å². The highest BCUT2D eigenvalue weighted by atomic mass is 19.1. The molecule has 0 radical (unpaired) electrons. The third kappa shape index (κ3) is 9.91. The molecule has 10 nitrogen and oxygen atoms in total. The molecule has 0 bridgehead atoms. The van der Waals surface area contributed by atoms with E-state index < -0.39 is 41.4 Å². The molecule has 3 amide bonds. The quantitative estimate of drug-likeness (QED) is 0.276. The Labute approximate surface area is 241 Å². The number of carbonyl (C=O) groups is 3. The number of alkyl carbamates (subject to hydrolysis) is 2. The maximum atomic E-state index is 14.2. The van der Waals surface area contributed by atoms with Gasteiger partial charge in [-0.1, -0.05) is 19.3 Å². The lowest BCUT2D eigenvalue weighted by molar-refractivity contribution is 0.0393. The third-order valence-electron chi connectivity index (χ3n) is 6.80. The molecule has 11 heteroatoms. The summed E-state index contributed by atoms with van der Waals surface area (Å²) in [5.41, 5.74) is 0.396. The second-order valence-corrected chi connectivity index (χ2v) is 12.7. The Morgan fingerprint density at radius 3 is 2.27 bits per heavy atom. The van der Waals surface area contributed by atoms with Crippen molar-refractivity contribution in [3.63, 3.8) is 0 Å². The Morgan fingerprint density at radius 2 is 1.63 bits per heavy atom. The van der Waals surface area contributed by atoms with Gasteiger partial charge in [0.15, 0.2) is 0 Å². The van der Waals surface area contributed by atoms with Crippen LogP contribution in [0, 0.1) is 5.82 Å². The predicted molar refractivity (Wildman–Crippen MR) is 154 cm³/mol. The van der Waals surface area contributed by atoms with Crippen LogP contribution in [0.2, 0.25) is 0 Å². The van der Waals surface area contributed by atoms with Crippen molar-refractivity contribution in [1.82, 2.24) is 20.9 Å². The van der Waals surface area contributed by atoms with Crippen molar-refractivity contribution < 1.29 is 33.4 Å². The van der Waals surface area contributed by atoms with Crippen LogP contribution < -0.4 is 16.0 Å². The minimum absolute atomic E-state index is 0.0779. The first-order chi connectivity index (χ1) is 19.1. The van der Waals surface area contributed by atoms with Crippen molar-refractivity contribution >= 4 is 29.0 Å². The molecule has 0 saturated heterocycles. The summed E-state index contributed by atoms with van der Waals surface area (Å²) >= 11 is 0. The Kier molecular flexibility index (Phi) is 10.6. The molecule has 2 aromatic rings. The molecule has 1 aromatic heterocycles. The van der Waals surface area contributed by atoms with Gasteiger partial charge in [0.25, 0.3) is 5.91 Å². The van der Waals surface area contributed by atoms with Gasteiger partial charge >= 0.3 is 12.2 Å². The molecule has 1 aliphatic carbocycles. The van der Waals surface area contributed by atoms with Crippen LogP contribution in [0.15, 0.2) is 18.2 Å². The smallest absolute Gasteiger partial charge is 0.408 e. The number of aromatic nitrogens is 1. The van der Waals surface area contributed by atoms with E-state index in [9.17, 15) is 23.9 Å². The second kappa shape index (κ2) is 13.5. The number of carbonyl (C=O) groups excluding carboxylic acids is 3. The number of fused-ring (bicyclic) bond motifs is 1. The number of aromatic amines is 1. The topological polar surface area (TPSA) is 142 Å². The van der Waals surface area contributed by atoms with Crippen LogP contribution in [0.1, 0.15) is 102 Å². The molecule has 228 valence electrons. The molecule has 1 unspecified atom stereocenters. The van der Waals surface area contributed by atoms with Crippen LogP contribution in [0.5, 0.6) is 0 Å². The number of hydrogen-bond acceptors (Lipinski definition) is 6. The lowest BCUT2D eigenvalue weighted by Crippen LogP contribution is -2.52. The van der Waals surface area contributed by atoms with Gasteiger partial charge in [0.2, 0.25) is 0 Å². The minimum atomic E-state index is -1.13. The predicted octanol–water partition coefficient (Wildman–Crippen LogP) is 5.25. The van der Waals surface area contributed by atoms with E-state index in [0.29, 0.717) is 16.6 Å². The molecule has 3 rings (SSSR count). The fourth-order valence-electron chi connectivity index (χ4n) is 5.05. The normalized spacial score (nSPS) is 16.1. The number of H-pyrrole nitrogens is 1. The fourth-order valence-corrected chi connectivity index (χ4v) is 5.05. The molecule has 41 heavy (non-hydrogen) atoms. The van der Waals surface area contributed by atoms with E-state index in [4.69, 9.17) is 9.47 Å². The van der Waals surface area contributed by atoms with Gasteiger partial charge in [0.05, 0.1) is 12.1 Å². The van der Waals surface area contributed by atoms with Crippen molar-refractivity contribution in [2.45, 2.75) is 109 Å². The standard InChI is InChI=1S/C30H45FN4O6/c1-29(2,3)40-27(38)32-15-14-23(36)22(35-28(39)41-30(4,5)6)17-33-26(37)25-24(18-10-8-7-9-11-18)20-16-19(31)12-13-21(20)34-25/h12-13,16,18,22-23,34,36H,7-11,14-15,17H2,1-6H3,(H,32,38)(H,33,37)(H,35,39)/t22-,23?/m0/s1. The van der Waals surface area contributed by atoms with Gasteiger partial charge in [-0.25, -0.2) is 14.0 Å². The SMILES string of the molecule is CC(C)(C)OC(=O)NCCC(O)[C@H](CNC(=O)c1[nH]c2ccc(F)cc2c1C1CCCCC1)NC(=O)OC(C)(C)C. The van der Waals surface area contributed by atoms with E-state index >= 15 is 0 Å². The van der Waals surface area contributed by atoms with Crippen molar-refractivity contribution in [2.24, 2.45) is 0 Å². The van der Waals surface area contributed by atoms with Crippen LogP contribution in [0.3, 0.4) is 0 Å². The molecule has 2 atom stereocenters. The monoisotopic (exact) mass is 576 g/mol. The zero-order valence-corrected chi connectivity index (χ0v) is 25.0. The zero-order valence-electron chi connectivity index (χ0n) is 25.0. The second-order valence-electron chi connectivity index (χ2n) is 12.7. The summed E-state index contributed by atoms with van der Waals surface area (Å²) in [4.78, 5) is 41.2. The molecule has 1 heterocycles. The number of rotatable bonds is 9. The number of aliphatic hydroxyl groups excluding tert-OH is 1. The van der Waals surface area contributed by atoms with E-state index in [1.807, 2.05) is 0 Å². The number of nitrogens with one attached hydrogen (secondary N) is 4. The first kappa shape index (κ1) is 32.2. The first-order valence-electron chi connectivity index (χ1n) is 14.4. The number of ether oxygens (including phenoxy) is 2. The Bertz CT molecular complexity index is 1210. The third-order valence-corrected chi connectivity index (χ3v) is 6.80. The largest absolute Gasteiger partial charge is 0.444 e. The van der Waals surface area contributed by atoms with E-state index in [-0.39, 0.29) is 31.2 Å². The summed E-state index contributed by atoms with van der Waals surface area (Å²) < 4.78 is 24.7. The Morgan fingerprint density at radius 1 is 1.00 bits per heavy atom. The highest BCUT2D eigenvalue weighted by molar-refractivity contribution is 6.01. The van der Waals surface area contributed by atoms with E-state index in [2.05, 4.69) is 20.9 Å². The molecule has 1 fully saturated rings. The van der Waals surface area contributed by atoms with E-state index in [1.165, 1.54) is 12.1 Å². The summed E-state index contributed by atoms with van der Waals surface area (Å²) in [6, 6.07) is 3.52. The van der Waals surface area contributed by atoms with E-state index in [1.54, 1.807) is 47.6 Å². The maximum absolute atomic E-state index is 14.2. The molecule has 1 aliphatic rings. The summed E-state index contributed by atoms with van der Waals surface area (Å²) in [5, 5.41) is 19.7. The van der Waals surface area contributed by atoms with Crippen molar-refractivity contribution in [2.75, 3.05) is 13.1 Å². The minimum Gasteiger partial charge on any atom is -0.444 e. The lowest BCUT2D eigenvalue weighted by Gasteiger charge is -2.27. The molecule has 1 saturated carbocycles. The summed E-state index contributed by atoms with van der Waals surface area (Å²) in [6.07, 6.45) is 2.61. The Hall–Kier alpha value is -3.34. The van der Waals surface area contributed by atoms with Crippen molar-refractivity contribution in [3.05, 3.63) is 35.3 Å². The highest BCUT2D eigenvalue weighted by Gasteiger charge is 2.29. The van der Waals surface area contributed by atoms with Crippen molar-refractivity contribution in [1.29, 1.82) is 0 Å². The maximum Gasteiger partial charge on any atom is 0.408 e. The number of hydrogen-bond donors (Lipinski definition) is 5. The molecule has 0 spiro atoms. The molecular formula is C30H45FN4O6. The van der Waals surface area contributed by atoms with Crippen LogP contribution in [-0.2, 0) is 9.47 Å². The van der Waals surface area contributed by atoms with Crippen LogP contribution >= 0.6 is 0 Å². The number of aliphatic hydroxyl groups is 1. The fraction of sp³-hybridized carbons (Fsp3) is 0.633. The number of halogens is 1. The molecule has 0 aliphatic heterocycles. The van der Waals surface area contributed by atoms with Gasteiger partial charge < -0.3 is 35.5 Å². The van der Waals surface area contributed by atoms with Crippen LogP contribution in [-0.4, -0.2) is 64.6 Å². The van der Waals surface area contributed by atoms with Gasteiger partial charge in [-0.05, 0) is 90.5 Å². The van der Waals surface area contributed by atoms with Crippen LogP contribution in [0.25, 0.3) is 10.9 Å². The molecule has 5 N–H and O–H groups in total. The number of amides is 3. The number of benzene rings is 1. The Balaban J connectivity index is 1.75. The van der Waals surface area contributed by atoms with Gasteiger partial charge in [0, 0.05) is 24.0 Å². The van der Waals surface area contributed by atoms with Gasteiger partial charge in [-0.15, -0.1) is 0 Å². The zero-order chi connectivity index (χ0) is 30.4. The first-order valence-corrected chi connectivity index (χ1v) is 14.4. The van der Waals surface area contributed by atoms with Crippen molar-refractivity contribution in [3.8, 4) is 0 Å². The molecule has 1 aromatic carbocycles. The average Bonchev–Trinajstić information content (AvgIpc) is 3.23. The summed E-state index contributed by atoms with van der Waals surface area (Å²) in [6.45, 7) is 10.4. The van der Waals surface area contributed by atoms with Gasteiger partial charge in [-0.2, -0.15) is 0 Å². The van der Waals surface area contributed by atoms with Gasteiger partial charge in [-0.3, -0.25) is 4.79 Å². The summed E-state index contributed by atoms with van der Waals surface area (Å²) in [7, 11) is 0. The van der Waals surface area contributed by atoms with Gasteiger partial charge in [0.1, 0.15) is 22.7 Å². The lowest BCUT2D eigenvalue weighted by atomic mass is 9.82. The van der Waals surface area contributed by atoms with Crippen LogP contribution in [0.4, 0.5) is 14.0 Å². The molecular weight excluding hydrogens is 531 g/mol. The summed E-state index contributed by atoms with van der Waals surface area (Å²) in [5.74, 6) is -0.664. The average molecular weight is 577 g/mol.